The molecule has 5 heterocycles. The van der Waals surface area contributed by atoms with E-state index < -0.39 is 85.4 Å². The number of aryl methyl sites for hydroxylation is 1. The van der Waals surface area contributed by atoms with Gasteiger partial charge in [-0.2, -0.15) is 0 Å². The van der Waals surface area contributed by atoms with E-state index in [-0.39, 0.29) is 58.4 Å². The van der Waals surface area contributed by atoms with Gasteiger partial charge in [0.1, 0.15) is 23.2 Å². The summed E-state index contributed by atoms with van der Waals surface area (Å²) in [4.78, 5) is 26.5. The smallest absolute Gasteiger partial charge is 0.472 e. The summed E-state index contributed by atoms with van der Waals surface area (Å²) in [5, 5.41) is -0.233. The number of likely N-dealkylation sites (N-methyl/N-ethyl adjacent to an activating group) is 1. The number of carbonyl (C=O) groups is 1. The molecule has 3 aliphatic rings. The highest BCUT2D eigenvalue weighted by atomic mass is 19.4. The van der Waals surface area contributed by atoms with E-state index in [0.29, 0.717) is 23.8 Å². The van der Waals surface area contributed by atoms with Crippen molar-refractivity contribution in [2.75, 3.05) is 37.7 Å². The van der Waals surface area contributed by atoms with Crippen molar-refractivity contribution < 1.29 is 49.2 Å². The third-order valence-corrected chi connectivity index (χ3v) is 8.85. The highest BCUT2D eigenvalue weighted by Crippen LogP contribution is 2.49. The molecule has 0 saturated carbocycles. The van der Waals surface area contributed by atoms with Crippen LogP contribution in [0.2, 0.25) is 0 Å². The minimum Gasteiger partial charge on any atom is -0.472 e. The number of nitrogens with zero attached hydrogens (tertiary/aromatic N) is 5. The largest absolute Gasteiger partial charge is 0.573 e. The molecule has 2 N–H and O–H groups in total. The van der Waals surface area contributed by atoms with E-state index >= 15 is 8.78 Å². The molecular formula is C33H39F5N6O4. The highest BCUT2D eigenvalue weighted by Gasteiger charge is 2.54. The summed E-state index contributed by atoms with van der Waals surface area (Å²) in [5.41, 5.74) is 3.20. The lowest BCUT2D eigenvalue weighted by molar-refractivity contribution is -0.275. The van der Waals surface area contributed by atoms with Gasteiger partial charge in [-0.15, -0.1) is 13.2 Å². The maximum atomic E-state index is 17.2. The molecule has 0 aliphatic carbocycles. The van der Waals surface area contributed by atoms with Crippen LogP contribution in [0, 0.1) is 18.6 Å². The van der Waals surface area contributed by atoms with Crippen molar-refractivity contribution in [1.29, 1.82) is 0 Å². The molecule has 2 saturated heterocycles. The molecular weight excluding hydrogens is 639 g/mol. The summed E-state index contributed by atoms with van der Waals surface area (Å²) in [6.07, 6.45) is -5.98. The van der Waals surface area contributed by atoms with E-state index in [1.54, 1.807) is 32.6 Å². The topological polar surface area (TPSA) is 106 Å². The predicted molar refractivity (Wildman–Crippen MR) is 169 cm³/mol. The summed E-state index contributed by atoms with van der Waals surface area (Å²) in [7, 11) is 0. The Bertz CT molecular complexity index is 1980. The first-order valence-electron chi connectivity index (χ1n) is 18.4. The van der Waals surface area contributed by atoms with Gasteiger partial charge in [0.2, 0.25) is 5.88 Å². The van der Waals surface area contributed by atoms with Gasteiger partial charge in [-0.25, -0.2) is 23.5 Å². The number of nitrogens with two attached hydrogens (primary N) is 1. The lowest BCUT2D eigenvalue weighted by atomic mass is 9.96. The van der Waals surface area contributed by atoms with Crippen LogP contribution in [0.4, 0.5) is 38.3 Å². The zero-order valence-electron chi connectivity index (χ0n) is 32.8. The number of pyridine rings is 2. The second kappa shape index (κ2) is 11.8. The number of halogens is 5. The second-order valence-electron chi connectivity index (χ2n) is 13.3. The second-order valence-corrected chi connectivity index (χ2v) is 13.3. The first kappa shape index (κ1) is 26.8. The van der Waals surface area contributed by atoms with Crippen molar-refractivity contribution in [3.05, 3.63) is 35.0 Å². The van der Waals surface area contributed by atoms with Gasteiger partial charge >= 0.3 is 12.5 Å². The Kier molecular flexibility index (Phi) is 6.57. The number of nitrogen functional groups attached to an aromatic ring is 1. The van der Waals surface area contributed by atoms with Crippen LogP contribution < -0.4 is 20.1 Å². The number of carbonyl (C=O) groups excluding carboxylic acids is 1. The molecule has 15 heteroatoms. The average Bonchev–Trinajstić information content (AvgIpc) is 3.24. The molecule has 0 spiro atoms. The molecule has 1 amide bonds. The Morgan fingerprint density at radius 2 is 1.90 bits per heavy atom. The summed E-state index contributed by atoms with van der Waals surface area (Å²) >= 11 is 0. The molecule has 0 radical (unpaired) electrons. The van der Waals surface area contributed by atoms with Gasteiger partial charge in [-0.3, -0.25) is 4.90 Å². The quantitative estimate of drug-likeness (QED) is 0.248. The van der Waals surface area contributed by atoms with E-state index in [2.05, 4.69) is 9.72 Å². The van der Waals surface area contributed by atoms with Crippen LogP contribution in [-0.2, 0) is 11.2 Å². The Hall–Kier alpha value is -4.14. The SMILES string of the molecule is [2H]C([2H])([2H])N(CCc1nc2c3c(nc(-c4cc(N)cc(F)c4OC(F)(F)F)c(F)c3c1C)O[C@@H](C)[C@@H]1[C@@H]3CC[C@H](CN21)N3C(=O)OC(C)(C)C)C([2H])([2H])[2H]. The Morgan fingerprint density at radius 3 is 2.56 bits per heavy atom. The van der Waals surface area contributed by atoms with Crippen molar-refractivity contribution in [2.24, 2.45) is 0 Å². The number of rotatable bonds is 5. The molecule has 0 unspecified atom stereocenters. The molecule has 2 bridgehead atoms. The fourth-order valence-electron chi connectivity index (χ4n) is 7.08. The van der Waals surface area contributed by atoms with Gasteiger partial charge in [0.05, 0.1) is 29.1 Å². The van der Waals surface area contributed by atoms with Crippen molar-refractivity contribution in [1.82, 2.24) is 19.8 Å². The molecule has 4 atom stereocenters. The molecule has 3 aromatic rings. The van der Waals surface area contributed by atoms with Crippen molar-refractivity contribution in [3.8, 4) is 22.9 Å². The summed E-state index contributed by atoms with van der Waals surface area (Å²) < 4.78 is 136. The number of hydrogen-bond acceptors (Lipinski definition) is 9. The van der Waals surface area contributed by atoms with Crippen LogP contribution in [-0.4, -0.2) is 89.1 Å². The van der Waals surface area contributed by atoms with Crippen LogP contribution in [0.25, 0.3) is 22.0 Å². The van der Waals surface area contributed by atoms with Crippen molar-refractivity contribution >= 4 is 28.4 Å². The molecule has 3 aliphatic heterocycles. The minimum atomic E-state index is -5.39. The number of hydrogen-bond donors (Lipinski definition) is 1. The molecule has 10 nitrogen and oxygen atoms in total. The Morgan fingerprint density at radius 1 is 1.17 bits per heavy atom. The zero-order valence-corrected chi connectivity index (χ0v) is 26.8. The van der Waals surface area contributed by atoms with Crippen LogP contribution in [0.3, 0.4) is 0 Å². The number of aromatic nitrogens is 2. The van der Waals surface area contributed by atoms with Crippen molar-refractivity contribution in [2.45, 2.75) is 90.1 Å². The van der Waals surface area contributed by atoms with Crippen LogP contribution in [0.5, 0.6) is 11.6 Å². The predicted octanol–water partition coefficient (Wildman–Crippen LogP) is 6.21. The first-order valence-corrected chi connectivity index (χ1v) is 15.4. The molecule has 48 heavy (non-hydrogen) atoms. The molecule has 1 aromatic carbocycles. The number of anilines is 2. The van der Waals surface area contributed by atoms with E-state index in [9.17, 15) is 18.0 Å². The molecule has 2 fully saturated rings. The third kappa shape index (κ3) is 6.01. The van der Waals surface area contributed by atoms with Crippen LogP contribution in [0.1, 0.15) is 60.0 Å². The van der Waals surface area contributed by atoms with Crippen LogP contribution >= 0.6 is 0 Å². The minimum absolute atomic E-state index is 0.0168. The molecule has 2 aromatic heterocycles. The van der Waals surface area contributed by atoms with Crippen LogP contribution in [0.15, 0.2) is 12.1 Å². The number of alkyl halides is 3. The lowest BCUT2D eigenvalue weighted by Crippen LogP contribution is -2.65. The number of fused-ring (bicyclic) bond motifs is 5. The molecule has 6 rings (SSSR count). The fourth-order valence-corrected chi connectivity index (χ4v) is 7.08. The number of ether oxygens (including phenoxy) is 3. The standard InChI is InChI=1S/C33H39F5N6O4/c1-15-21(10-11-42(6)7)40-29-24-23(15)25(35)26(19-12-17(39)13-20(34)28(19)47-33(36,37)38)41-30(24)46-16(2)27-22-9-8-18(14-43(27)29)44(22)31(45)48-32(3,4)5/h12-13,16,18,22,27H,8-11,14,39H2,1-7H3/t16-,18+,22-,27+/m0/s1/i6D3,7D3. The summed E-state index contributed by atoms with van der Waals surface area (Å²) in [6, 6.07) is -0.0951. The Labute approximate surface area is 283 Å². The van der Waals surface area contributed by atoms with Gasteiger partial charge < -0.3 is 29.7 Å². The third-order valence-electron chi connectivity index (χ3n) is 8.85. The average molecular weight is 685 g/mol. The van der Waals surface area contributed by atoms with Gasteiger partial charge in [0.25, 0.3) is 0 Å². The number of piperazine rings is 1. The Balaban J connectivity index is 1.59. The van der Waals surface area contributed by atoms with Crippen molar-refractivity contribution in [3.63, 3.8) is 0 Å². The first-order chi connectivity index (χ1) is 24.8. The maximum Gasteiger partial charge on any atom is 0.573 e. The monoisotopic (exact) mass is 684 g/mol. The zero-order chi connectivity index (χ0) is 40.0. The number of benzene rings is 1. The summed E-state index contributed by atoms with van der Waals surface area (Å²) in [6.45, 7) is 1.82. The van der Waals surface area contributed by atoms with Gasteiger partial charge in [0, 0.05) is 50.6 Å². The lowest BCUT2D eigenvalue weighted by Gasteiger charge is -2.48. The van der Waals surface area contributed by atoms with E-state index in [1.165, 1.54) is 6.92 Å². The van der Waals surface area contributed by atoms with E-state index in [0.717, 1.165) is 6.07 Å². The number of amides is 1. The summed E-state index contributed by atoms with van der Waals surface area (Å²) in [5.74, 6) is -4.30. The van der Waals surface area contributed by atoms with Gasteiger partial charge in [-0.1, -0.05) is 0 Å². The van der Waals surface area contributed by atoms with E-state index in [1.807, 2.05) is 4.90 Å². The van der Waals surface area contributed by atoms with Gasteiger partial charge in [-0.05, 0) is 73.0 Å². The fraction of sp³-hybridized carbons (Fsp3) is 0.545. The van der Waals surface area contributed by atoms with E-state index in [4.69, 9.17) is 28.4 Å². The maximum absolute atomic E-state index is 17.2. The molecule has 260 valence electrons. The highest BCUT2D eigenvalue weighted by molar-refractivity contribution is 6.02. The normalized spacial score (nSPS) is 24.5. The van der Waals surface area contributed by atoms with Gasteiger partial charge in [0.15, 0.2) is 17.4 Å².